The van der Waals surface area contributed by atoms with Gasteiger partial charge in [0.1, 0.15) is 10.1 Å². The van der Waals surface area contributed by atoms with E-state index in [2.05, 4.69) is 5.32 Å². The van der Waals surface area contributed by atoms with Gasteiger partial charge in [0.15, 0.2) is 11.5 Å². The van der Waals surface area contributed by atoms with Crippen LogP contribution in [0.2, 0.25) is 0 Å². The third-order valence-corrected chi connectivity index (χ3v) is 8.22. The third-order valence-electron chi connectivity index (χ3n) is 6.25. The summed E-state index contributed by atoms with van der Waals surface area (Å²) in [5, 5.41) is 2.62. The number of thioether (sulfide) groups is 1. The van der Waals surface area contributed by atoms with Gasteiger partial charge in [-0.2, -0.15) is 0 Å². The van der Waals surface area contributed by atoms with Crippen LogP contribution in [0.3, 0.4) is 0 Å². The summed E-state index contributed by atoms with van der Waals surface area (Å²) < 4.78 is 15.0. The predicted octanol–water partition coefficient (Wildman–Crippen LogP) is 6.96. The van der Waals surface area contributed by atoms with Gasteiger partial charge in [-0.25, -0.2) is 0 Å². The van der Waals surface area contributed by atoms with Gasteiger partial charge in [-0.05, 0) is 66.9 Å². The number of carbonyl (C=O) groups excluding carboxylic acids is 2. The zero-order valence-electron chi connectivity index (χ0n) is 22.9. The number of nitrogens with zero attached hydrogens (tertiary/aromatic N) is 1. The minimum Gasteiger partial charge on any atom is -0.493 e. The van der Waals surface area contributed by atoms with E-state index in [1.165, 1.54) is 11.8 Å². The van der Waals surface area contributed by atoms with Crippen molar-refractivity contribution < 1.29 is 23.8 Å². The smallest absolute Gasteiger partial charge is 0.266 e. The van der Waals surface area contributed by atoms with Crippen molar-refractivity contribution in [2.24, 2.45) is 0 Å². The van der Waals surface area contributed by atoms with E-state index < -0.39 is 15.9 Å². The van der Waals surface area contributed by atoms with Crippen LogP contribution >= 0.6 is 58.8 Å². The number of benzene rings is 3. The van der Waals surface area contributed by atoms with Crippen molar-refractivity contribution in [3.05, 3.63) is 93.9 Å². The van der Waals surface area contributed by atoms with Crippen LogP contribution in [0.15, 0.2) is 71.6 Å². The van der Waals surface area contributed by atoms with Crippen LogP contribution in [0.4, 0.5) is 0 Å². The van der Waals surface area contributed by atoms with Gasteiger partial charge in [-0.1, -0.05) is 94.7 Å². The second-order valence-corrected chi connectivity index (χ2v) is 13.3. The Labute approximate surface area is 269 Å². The van der Waals surface area contributed by atoms with Crippen LogP contribution in [-0.2, 0) is 11.2 Å². The molecule has 3 aromatic carbocycles. The molecule has 7 nitrogen and oxygen atoms in total. The number of aryl methyl sites for hydroxylation is 1. The maximum atomic E-state index is 13.1. The highest BCUT2D eigenvalue weighted by Crippen LogP contribution is 2.35. The molecule has 1 unspecified atom stereocenters. The number of methoxy groups -OCH3 is 2. The maximum absolute atomic E-state index is 13.1. The number of hydrogen-bond acceptors (Lipinski definition) is 7. The number of hydrogen-bond donors (Lipinski definition) is 1. The van der Waals surface area contributed by atoms with E-state index in [9.17, 15) is 9.59 Å². The van der Waals surface area contributed by atoms with E-state index in [1.807, 2.05) is 37.3 Å². The first-order chi connectivity index (χ1) is 20.0. The maximum Gasteiger partial charge on any atom is 0.266 e. The van der Waals surface area contributed by atoms with Gasteiger partial charge < -0.3 is 19.5 Å². The summed E-state index contributed by atoms with van der Waals surface area (Å²) in [6, 6.07) is 19.4. The van der Waals surface area contributed by atoms with E-state index in [0.29, 0.717) is 45.0 Å². The van der Waals surface area contributed by atoms with Crippen molar-refractivity contribution in [1.29, 1.82) is 0 Å². The molecule has 0 spiro atoms. The molecule has 1 aliphatic rings. The number of rotatable bonds is 10. The molecule has 12 heteroatoms. The largest absolute Gasteiger partial charge is 0.493 e. The van der Waals surface area contributed by atoms with E-state index in [1.54, 1.807) is 61.6 Å². The standard InChI is InChI=1S/C30H27Cl3N2O5S2/c1-18-4-9-21(10-5-18)26(36)34-28(30(31,32)33)40-22-11-6-19(7-12-22)17-25-27(37)35(29(41)42-25)15-14-20-8-13-23(38-2)24(16-20)39-3/h4-13,16-17,28H,14-15H2,1-3H3,(H,34,36)/b25-17-. The Bertz CT molecular complexity index is 1490. The first-order valence-electron chi connectivity index (χ1n) is 12.7. The Morgan fingerprint density at radius 1 is 1.02 bits per heavy atom. The monoisotopic (exact) mass is 664 g/mol. The molecule has 0 aliphatic carbocycles. The van der Waals surface area contributed by atoms with Gasteiger partial charge in [0.05, 0.1) is 19.1 Å². The van der Waals surface area contributed by atoms with Crippen molar-refractivity contribution in [3.8, 4) is 17.2 Å². The fraction of sp³-hybridized carbons (Fsp3) is 0.233. The summed E-state index contributed by atoms with van der Waals surface area (Å²) in [7, 11) is 3.16. The molecule has 1 N–H and O–H groups in total. The lowest BCUT2D eigenvalue weighted by atomic mass is 10.1. The zero-order chi connectivity index (χ0) is 30.4. The molecule has 2 amide bonds. The van der Waals surface area contributed by atoms with Crippen LogP contribution in [0.25, 0.3) is 6.08 Å². The van der Waals surface area contributed by atoms with Crippen LogP contribution in [0.5, 0.6) is 17.2 Å². The van der Waals surface area contributed by atoms with Crippen LogP contribution in [0.1, 0.15) is 27.0 Å². The van der Waals surface area contributed by atoms with E-state index in [-0.39, 0.29) is 5.91 Å². The normalized spacial score (nSPS) is 15.1. The zero-order valence-corrected chi connectivity index (χ0v) is 26.8. The highest BCUT2D eigenvalue weighted by molar-refractivity contribution is 8.26. The predicted molar refractivity (Wildman–Crippen MR) is 173 cm³/mol. The van der Waals surface area contributed by atoms with E-state index in [4.69, 9.17) is 61.2 Å². The average molecular weight is 666 g/mol. The summed E-state index contributed by atoms with van der Waals surface area (Å²) in [6.07, 6.45) is 1.09. The highest BCUT2D eigenvalue weighted by atomic mass is 35.6. The Kier molecular flexibility index (Phi) is 10.7. The first kappa shape index (κ1) is 32.0. The Balaban J connectivity index is 1.40. The summed E-state index contributed by atoms with van der Waals surface area (Å²) in [5.41, 5.74) is 3.15. The minimum atomic E-state index is -1.94. The number of nitrogens with one attached hydrogen (secondary N) is 1. The van der Waals surface area contributed by atoms with Crippen molar-refractivity contribution >= 4 is 81.0 Å². The molecule has 1 atom stereocenters. The van der Waals surface area contributed by atoms with Gasteiger partial charge in [-0.3, -0.25) is 14.5 Å². The van der Waals surface area contributed by atoms with E-state index in [0.717, 1.165) is 16.7 Å². The summed E-state index contributed by atoms with van der Waals surface area (Å²) in [6.45, 7) is 2.35. The molecule has 1 heterocycles. The molecular formula is C30H27Cl3N2O5S2. The molecule has 1 aliphatic heterocycles. The molecule has 220 valence electrons. The lowest BCUT2D eigenvalue weighted by Gasteiger charge is -2.26. The molecule has 4 rings (SSSR count). The summed E-state index contributed by atoms with van der Waals surface area (Å²) >= 11 is 25.0. The van der Waals surface area contributed by atoms with Crippen LogP contribution < -0.4 is 19.5 Å². The molecule has 0 aromatic heterocycles. The third kappa shape index (κ3) is 8.11. The minimum absolute atomic E-state index is 0.166. The SMILES string of the molecule is COc1ccc(CCN2C(=O)/C(=C/c3ccc(OC(NC(=O)c4ccc(C)cc4)C(Cl)(Cl)Cl)cc3)SC2=S)cc1OC. The number of alkyl halides is 3. The molecule has 0 bridgehead atoms. The fourth-order valence-electron chi connectivity index (χ4n) is 3.99. The fourth-order valence-corrected chi connectivity index (χ4v) is 5.59. The van der Waals surface area contributed by atoms with Crippen molar-refractivity contribution in [2.75, 3.05) is 20.8 Å². The van der Waals surface area contributed by atoms with Gasteiger partial charge in [-0.15, -0.1) is 0 Å². The van der Waals surface area contributed by atoms with Gasteiger partial charge >= 0.3 is 0 Å². The Hall–Kier alpha value is -2.95. The van der Waals surface area contributed by atoms with Gasteiger partial charge in [0.25, 0.3) is 11.8 Å². The van der Waals surface area contributed by atoms with Gasteiger partial charge in [0, 0.05) is 12.1 Å². The molecule has 3 aromatic rings. The van der Waals surface area contributed by atoms with Crippen molar-refractivity contribution in [1.82, 2.24) is 10.2 Å². The van der Waals surface area contributed by atoms with Crippen LogP contribution in [0, 0.1) is 6.92 Å². The topological polar surface area (TPSA) is 77.1 Å². The van der Waals surface area contributed by atoms with E-state index >= 15 is 0 Å². The van der Waals surface area contributed by atoms with Gasteiger partial charge in [0.2, 0.25) is 10.0 Å². The quantitative estimate of drug-likeness (QED) is 0.109. The number of ether oxygens (including phenoxy) is 3. The highest BCUT2D eigenvalue weighted by Gasteiger charge is 2.36. The molecule has 0 saturated carbocycles. The van der Waals surface area contributed by atoms with Crippen molar-refractivity contribution in [3.63, 3.8) is 0 Å². The van der Waals surface area contributed by atoms with Crippen molar-refractivity contribution in [2.45, 2.75) is 23.4 Å². The molecule has 1 saturated heterocycles. The lowest BCUT2D eigenvalue weighted by molar-refractivity contribution is -0.122. The number of amides is 2. The number of thiocarbonyl (C=S) groups is 1. The average Bonchev–Trinajstić information content (AvgIpc) is 3.23. The summed E-state index contributed by atoms with van der Waals surface area (Å²) in [4.78, 5) is 27.9. The lowest BCUT2D eigenvalue weighted by Crippen LogP contribution is -2.47. The van der Waals surface area contributed by atoms with Crippen LogP contribution in [-0.4, -0.2) is 51.8 Å². The Morgan fingerprint density at radius 2 is 1.69 bits per heavy atom. The summed E-state index contributed by atoms with van der Waals surface area (Å²) in [5.74, 6) is 1.01. The first-order valence-corrected chi connectivity index (χ1v) is 15.0. The number of halogens is 3. The molecular weight excluding hydrogens is 639 g/mol. The second-order valence-electron chi connectivity index (χ2n) is 9.22. The Morgan fingerprint density at radius 3 is 2.31 bits per heavy atom. The second kappa shape index (κ2) is 14.0. The number of carbonyl (C=O) groups is 2. The molecule has 0 radical (unpaired) electrons. The molecule has 42 heavy (non-hydrogen) atoms. The molecule has 1 fully saturated rings.